The third kappa shape index (κ3) is 2.82. The Morgan fingerprint density at radius 3 is 2.61 bits per heavy atom. The highest BCUT2D eigenvalue weighted by Crippen LogP contribution is 2.28. The number of benzene rings is 1. The minimum Gasteiger partial charge on any atom is -0.439 e. The fraction of sp³-hybridized carbons (Fsp3) is 0.267. The lowest BCUT2D eigenvalue weighted by atomic mass is 10.1. The summed E-state index contributed by atoms with van der Waals surface area (Å²) in [6, 6.07) is 9.92. The van der Waals surface area contributed by atoms with Gasteiger partial charge >= 0.3 is 0 Å². The molecule has 2 nitrogen and oxygen atoms in total. The van der Waals surface area contributed by atoms with Crippen LogP contribution in [0.25, 0.3) is 0 Å². The van der Waals surface area contributed by atoms with Crippen LogP contribution in [0.3, 0.4) is 0 Å². The van der Waals surface area contributed by atoms with Gasteiger partial charge in [-0.2, -0.15) is 0 Å². The Bertz CT molecular complexity index is 566. The molecule has 1 heterocycles. The molecule has 1 aromatic heterocycles. The van der Waals surface area contributed by atoms with E-state index in [1.165, 1.54) is 0 Å². The monoisotopic (exact) mass is 261 g/mol. The van der Waals surface area contributed by atoms with E-state index in [1.807, 2.05) is 51.1 Å². The number of halogens is 1. The molecule has 0 aliphatic heterocycles. The topological polar surface area (TPSA) is 22.1 Å². The number of aryl methyl sites for hydroxylation is 3. The summed E-state index contributed by atoms with van der Waals surface area (Å²) in [5.74, 6) is 1.80. The first-order chi connectivity index (χ1) is 8.60. The van der Waals surface area contributed by atoms with Crippen molar-refractivity contribution in [1.29, 1.82) is 0 Å². The Kier molecular flexibility index (Phi) is 3.87. The highest BCUT2D eigenvalue weighted by atomic mass is 35.5. The van der Waals surface area contributed by atoms with E-state index in [9.17, 15) is 0 Å². The molecule has 0 aliphatic carbocycles. The SMILES string of the molecule is Cc1cccc(Oc2nc(C)cc(C)c2CCl)c1. The predicted octanol–water partition coefficient (Wildman–Crippen LogP) is 4.54. The molecule has 0 unspecified atom stereocenters. The molecule has 0 bridgehead atoms. The first kappa shape index (κ1) is 12.9. The number of pyridine rings is 1. The van der Waals surface area contributed by atoms with Gasteiger partial charge < -0.3 is 4.74 Å². The second kappa shape index (κ2) is 5.40. The molecule has 0 fully saturated rings. The van der Waals surface area contributed by atoms with Crippen LogP contribution >= 0.6 is 11.6 Å². The number of nitrogens with zero attached hydrogens (tertiary/aromatic N) is 1. The normalized spacial score (nSPS) is 10.4. The van der Waals surface area contributed by atoms with Crippen LogP contribution in [-0.4, -0.2) is 4.98 Å². The van der Waals surface area contributed by atoms with E-state index in [-0.39, 0.29) is 0 Å². The number of rotatable bonds is 3. The lowest BCUT2D eigenvalue weighted by molar-refractivity contribution is 0.456. The third-order valence-corrected chi connectivity index (χ3v) is 3.04. The molecule has 0 saturated heterocycles. The summed E-state index contributed by atoms with van der Waals surface area (Å²) in [7, 11) is 0. The molecule has 94 valence electrons. The highest BCUT2D eigenvalue weighted by Gasteiger charge is 2.10. The van der Waals surface area contributed by atoms with E-state index >= 15 is 0 Å². The predicted molar refractivity (Wildman–Crippen MR) is 74.5 cm³/mol. The summed E-state index contributed by atoms with van der Waals surface area (Å²) >= 11 is 5.97. The van der Waals surface area contributed by atoms with Crippen LogP contribution in [0.2, 0.25) is 0 Å². The average molecular weight is 262 g/mol. The third-order valence-electron chi connectivity index (χ3n) is 2.78. The van der Waals surface area contributed by atoms with Crippen molar-refractivity contribution in [2.75, 3.05) is 0 Å². The molecule has 18 heavy (non-hydrogen) atoms. The van der Waals surface area contributed by atoms with Gasteiger partial charge in [0.1, 0.15) is 5.75 Å². The number of hydrogen-bond acceptors (Lipinski definition) is 2. The van der Waals surface area contributed by atoms with Crippen molar-refractivity contribution < 1.29 is 4.74 Å². The summed E-state index contributed by atoms with van der Waals surface area (Å²) in [6.45, 7) is 6.01. The van der Waals surface area contributed by atoms with Crippen molar-refractivity contribution in [3.63, 3.8) is 0 Å². The number of alkyl halides is 1. The fourth-order valence-corrected chi connectivity index (χ4v) is 2.19. The maximum atomic E-state index is 5.97. The largest absolute Gasteiger partial charge is 0.439 e. The molecule has 2 aromatic rings. The summed E-state index contributed by atoms with van der Waals surface area (Å²) in [5, 5.41) is 0. The first-order valence-corrected chi connectivity index (χ1v) is 6.41. The summed E-state index contributed by atoms with van der Waals surface area (Å²) < 4.78 is 5.85. The zero-order chi connectivity index (χ0) is 13.1. The van der Waals surface area contributed by atoms with E-state index in [0.717, 1.165) is 28.1 Å². The van der Waals surface area contributed by atoms with Crippen LogP contribution in [0, 0.1) is 20.8 Å². The second-order valence-electron chi connectivity index (χ2n) is 4.42. The van der Waals surface area contributed by atoms with Crippen molar-refractivity contribution in [2.24, 2.45) is 0 Å². The highest BCUT2D eigenvalue weighted by molar-refractivity contribution is 6.17. The van der Waals surface area contributed by atoms with E-state index in [0.29, 0.717) is 11.8 Å². The smallest absolute Gasteiger partial charge is 0.224 e. The Balaban J connectivity index is 2.39. The fourth-order valence-electron chi connectivity index (χ4n) is 1.87. The summed E-state index contributed by atoms with van der Waals surface area (Å²) in [5.41, 5.74) is 4.15. The van der Waals surface area contributed by atoms with Crippen LogP contribution in [0.1, 0.15) is 22.4 Å². The minimum absolute atomic E-state index is 0.403. The van der Waals surface area contributed by atoms with E-state index < -0.39 is 0 Å². The van der Waals surface area contributed by atoms with Crippen molar-refractivity contribution in [2.45, 2.75) is 26.7 Å². The van der Waals surface area contributed by atoms with Crippen molar-refractivity contribution in [3.8, 4) is 11.6 Å². The summed E-state index contributed by atoms with van der Waals surface area (Å²) in [4.78, 5) is 4.42. The lowest BCUT2D eigenvalue weighted by Gasteiger charge is -2.12. The Morgan fingerprint density at radius 1 is 1.17 bits per heavy atom. The van der Waals surface area contributed by atoms with Crippen molar-refractivity contribution >= 4 is 11.6 Å². The zero-order valence-electron chi connectivity index (χ0n) is 10.8. The van der Waals surface area contributed by atoms with Gasteiger partial charge in [0.2, 0.25) is 5.88 Å². The molecule has 0 N–H and O–H groups in total. The molecule has 2 rings (SSSR count). The van der Waals surface area contributed by atoms with Gasteiger partial charge in [0.25, 0.3) is 0 Å². The van der Waals surface area contributed by atoms with E-state index in [1.54, 1.807) is 0 Å². The Hall–Kier alpha value is -1.54. The molecule has 0 spiro atoms. The van der Waals surface area contributed by atoms with Gasteiger partial charge in [0.05, 0.1) is 5.88 Å². The van der Waals surface area contributed by atoms with Crippen LogP contribution in [0.5, 0.6) is 11.6 Å². The van der Waals surface area contributed by atoms with Gasteiger partial charge in [0.15, 0.2) is 0 Å². The van der Waals surface area contributed by atoms with Gasteiger partial charge in [-0.05, 0) is 50.1 Å². The minimum atomic E-state index is 0.403. The van der Waals surface area contributed by atoms with Crippen LogP contribution < -0.4 is 4.74 Å². The molecule has 3 heteroatoms. The van der Waals surface area contributed by atoms with Gasteiger partial charge in [-0.3, -0.25) is 0 Å². The lowest BCUT2D eigenvalue weighted by Crippen LogP contribution is -1.98. The Morgan fingerprint density at radius 2 is 1.94 bits per heavy atom. The molecule has 0 atom stereocenters. The molecular formula is C15H16ClNO. The zero-order valence-corrected chi connectivity index (χ0v) is 11.6. The maximum Gasteiger partial charge on any atom is 0.224 e. The molecule has 0 aliphatic rings. The van der Waals surface area contributed by atoms with E-state index in [2.05, 4.69) is 4.98 Å². The average Bonchev–Trinajstić information content (AvgIpc) is 2.28. The maximum absolute atomic E-state index is 5.97. The van der Waals surface area contributed by atoms with Crippen molar-refractivity contribution in [3.05, 3.63) is 52.7 Å². The standard InChI is InChI=1S/C15H16ClNO/c1-10-5-4-6-13(7-10)18-15-14(9-16)11(2)8-12(3)17-15/h4-8H,9H2,1-3H3. The first-order valence-electron chi connectivity index (χ1n) is 5.87. The van der Waals surface area contributed by atoms with Gasteiger partial charge in [-0.15, -0.1) is 11.6 Å². The molecule has 0 saturated carbocycles. The quantitative estimate of drug-likeness (QED) is 0.757. The molecular weight excluding hydrogens is 246 g/mol. The van der Waals surface area contributed by atoms with Crippen molar-refractivity contribution in [1.82, 2.24) is 4.98 Å². The van der Waals surface area contributed by atoms with Gasteiger partial charge in [0, 0.05) is 11.3 Å². The summed E-state index contributed by atoms with van der Waals surface area (Å²) in [6.07, 6.45) is 0. The van der Waals surface area contributed by atoms with Gasteiger partial charge in [-0.1, -0.05) is 12.1 Å². The van der Waals surface area contributed by atoms with Gasteiger partial charge in [-0.25, -0.2) is 4.98 Å². The molecule has 0 amide bonds. The Labute approximate surface area is 113 Å². The molecule has 0 radical (unpaired) electrons. The van der Waals surface area contributed by atoms with E-state index in [4.69, 9.17) is 16.3 Å². The van der Waals surface area contributed by atoms with Crippen LogP contribution in [-0.2, 0) is 5.88 Å². The second-order valence-corrected chi connectivity index (χ2v) is 4.68. The number of hydrogen-bond donors (Lipinski definition) is 0. The van der Waals surface area contributed by atoms with Crippen LogP contribution in [0.4, 0.5) is 0 Å². The number of ether oxygens (including phenoxy) is 1. The molecule has 1 aromatic carbocycles. The van der Waals surface area contributed by atoms with Crippen LogP contribution in [0.15, 0.2) is 30.3 Å². The number of aromatic nitrogens is 1.